The molecule has 12 heteroatoms. The first-order valence-electron chi connectivity index (χ1n) is 10.1. The summed E-state index contributed by atoms with van der Waals surface area (Å²) < 4.78 is 45.7. The Kier molecular flexibility index (Phi) is 5.57. The Labute approximate surface area is 182 Å². The summed E-state index contributed by atoms with van der Waals surface area (Å²) in [6.45, 7) is 7.68. The van der Waals surface area contributed by atoms with Gasteiger partial charge in [-0.15, -0.1) is 0 Å². The molecular weight excluding hydrogens is 429 g/mol. The second-order valence-corrected chi connectivity index (χ2v) is 8.31. The van der Waals surface area contributed by atoms with Gasteiger partial charge in [-0.1, -0.05) is 12.1 Å². The van der Waals surface area contributed by atoms with Gasteiger partial charge in [0.15, 0.2) is 0 Å². The standard InChI is InChI=1S/C20H23F3N6O3/c1-14(15-3-5-16(6-4-15)20(21,22)23)25-28-9-7-26(8-10-28)12-19(2)13-27-11-17(29(30)31)24-18(27)32-19/h3-6,11H,7-10,12-13H2,1-2H3/b25-14-/t19-/m0/s1. The Morgan fingerprint density at radius 1 is 1.25 bits per heavy atom. The maximum Gasteiger partial charge on any atom is 0.416 e. The first kappa shape index (κ1) is 22.1. The van der Waals surface area contributed by atoms with Gasteiger partial charge in [0.25, 0.3) is 0 Å². The topological polar surface area (TPSA) is 89.0 Å². The average Bonchev–Trinajstić information content (AvgIpc) is 3.24. The fraction of sp³-hybridized carbons (Fsp3) is 0.500. The van der Waals surface area contributed by atoms with Gasteiger partial charge in [-0.25, -0.2) is 0 Å². The highest BCUT2D eigenvalue weighted by molar-refractivity contribution is 5.98. The molecule has 0 radical (unpaired) electrons. The molecule has 2 aromatic rings. The molecule has 2 aliphatic rings. The normalized spacial score (nSPS) is 22.0. The summed E-state index contributed by atoms with van der Waals surface area (Å²) in [5, 5.41) is 17.3. The lowest BCUT2D eigenvalue weighted by Crippen LogP contribution is -2.51. The number of halogens is 3. The van der Waals surface area contributed by atoms with Crippen molar-refractivity contribution in [1.29, 1.82) is 0 Å². The van der Waals surface area contributed by atoms with Crippen LogP contribution in [0.4, 0.5) is 19.0 Å². The van der Waals surface area contributed by atoms with E-state index in [0.29, 0.717) is 37.5 Å². The van der Waals surface area contributed by atoms with Crippen molar-refractivity contribution in [2.75, 3.05) is 32.7 Å². The minimum absolute atomic E-state index is 0.225. The van der Waals surface area contributed by atoms with E-state index in [4.69, 9.17) is 4.74 Å². The fourth-order valence-corrected chi connectivity index (χ4v) is 4.00. The maximum absolute atomic E-state index is 12.7. The van der Waals surface area contributed by atoms with E-state index in [1.54, 1.807) is 11.5 Å². The zero-order valence-electron chi connectivity index (χ0n) is 17.7. The zero-order valence-corrected chi connectivity index (χ0v) is 17.7. The lowest BCUT2D eigenvalue weighted by Gasteiger charge is -2.37. The highest BCUT2D eigenvalue weighted by Crippen LogP contribution is 2.32. The van der Waals surface area contributed by atoms with Gasteiger partial charge in [-0.2, -0.15) is 18.3 Å². The van der Waals surface area contributed by atoms with E-state index in [2.05, 4.69) is 15.0 Å². The van der Waals surface area contributed by atoms with Gasteiger partial charge in [-0.3, -0.25) is 14.5 Å². The second kappa shape index (κ2) is 8.08. The molecule has 0 N–H and O–H groups in total. The first-order chi connectivity index (χ1) is 15.0. The van der Waals surface area contributed by atoms with E-state index in [1.165, 1.54) is 18.3 Å². The number of hydrogen-bond donors (Lipinski definition) is 0. The molecule has 0 spiro atoms. The molecule has 0 aliphatic carbocycles. The molecule has 172 valence electrons. The number of rotatable bonds is 5. The predicted molar refractivity (Wildman–Crippen MR) is 110 cm³/mol. The molecule has 3 heterocycles. The maximum atomic E-state index is 12.7. The number of alkyl halides is 3. The third-order valence-electron chi connectivity index (χ3n) is 5.58. The van der Waals surface area contributed by atoms with Crippen LogP contribution in [0.15, 0.2) is 35.6 Å². The highest BCUT2D eigenvalue weighted by Gasteiger charge is 2.41. The number of hydrogen-bond acceptors (Lipinski definition) is 7. The van der Waals surface area contributed by atoms with E-state index >= 15 is 0 Å². The Bertz CT molecular complexity index is 1000. The van der Waals surface area contributed by atoms with Crippen LogP contribution in [0, 0.1) is 10.1 Å². The van der Waals surface area contributed by atoms with Crippen molar-refractivity contribution in [3.8, 4) is 6.01 Å². The third-order valence-corrected chi connectivity index (χ3v) is 5.58. The number of nitro groups is 1. The number of aromatic nitrogens is 2. The molecule has 1 saturated heterocycles. The molecule has 32 heavy (non-hydrogen) atoms. The summed E-state index contributed by atoms with van der Waals surface area (Å²) in [5.41, 5.74) is 0.0990. The molecule has 1 aromatic heterocycles. The number of nitrogens with zero attached hydrogens (tertiary/aromatic N) is 6. The summed E-state index contributed by atoms with van der Waals surface area (Å²) in [6, 6.07) is 5.25. The van der Waals surface area contributed by atoms with Gasteiger partial charge in [0.1, 0.15) is 11.8 Å². The third kappa shape index (κ3) is 4.69. The number of ether oxygens (including phenoxy) is 1. The number of fused-ring (bicyclic) bond motifs is 1. The summed E-state index contributed by atoms with van der Waals surface area (Å²) >= 11 is 0. The van der Waals surface area contributed by atoms with Crippen LogP contribution in [-0.2, 0) is 12.7 Å². The summed E-state index contributed by atoms with van der Waals surface area (Å²) in [5.74, 6) is -0.225. The number of hydrazone groups is 1. The Morgan fingerprint density at radius 2 is 1.91 bits per heavy atom. The SMILES string of the molecule is C/C(=N/N1CCN(C[C@@]2(C)Cn3cc([N+](=O)[O-])nc3O2)CC1)c1ccc(C(F)(F)F)cc1. The average molecular weight is 452 g/mol. The van der Waals surface area contributed by atoms with E-state index in [1.807, 2.05) is 11.9 Å². The lowest BCUT2D eigenvalue weighted by atomic mass is 10.1. The van der Waals surface area contributed by atoms with Crippen LogP contribution in [-0.4, -0.2) is 68.4 Å². The smallest absolute Gasteiger partial charge is 0.416 e. The molecular formula is C20H23F3N6O3. The summed E-state index contributed by atoms with van der Waals surface area (Å²) in [6.07, 6.45) is -2.97. The lowest BCUT2D eigenvalue weighted by molar-refractivity contribution is -0.389. The fourth-order valence-electron chi connectivity index (χ4n) is 4.00. The minimum atomic E-state index is -4.35. The minimum Gasteiger partial charge on any atom is -0.436 e. The van der Waals surface area contributed by atoms with Gasteiger partial charge >= 0.3 is 18.0 Å². The molecule has 0 amide bonds. The van der Waals surface area contributed by atoms with E-state index in [0.717, 1.165) is 25.2 Å². The molecule has 4 rings (SSSR count). The second-order valence-electron chi connectivity index (χ2n) is 8.31. The van der Waals surface area contributed by atoms with Crippen LogP contribution in [0.5, 0.6) is 6.01 Å². The van der Waals surface area contributed by atoms with Crippen LogP contribution in [0.25, 0.3) is 0 Å². The van der Waals surface area contributed by atoms with Crippen LogP contribution >= 0.6 is 0 Å². The van der Waals surface area contributed by atoms with Crippen LogP contribution in [0.2, 0.25) is 0 Å². The van der Waals surface area contributed by atoms with Gasteiger partial charge < -0.3 is 14.9 Å². The highest BCUT2D eigenvalue weighted by atomic mass is 19.4. The number of benzene rings is 1. The zero-order chi connectivity index (χ0) is 23.1. The van der Waals surface area contributed by atoms with Gasteiger partial charge in [-0.05, 0) is 36.5 Å². The van der Waals surface area contributed by atoms with Gasteiger partial charge in [0.2, 0.25) is 0 Å². The van der Waals surface area contributed by atoms with Crippen molar-refractivity contribution in [2.45, 2.75) is 32.2 Å². The van der Waals surface area contributed by atoms with E-state index < -0.39 is 22.3 Å². The van der Waals surface area contributed by atoms with Crippen molar-refractivity contribution in [3.63, 3.8) is 0 Å². The molecule has 2 aliphatic heterocycles. The molecule has 1 atom stereocenters. The quantitative estimate of drug-likeness (QED) is 0.394. The van der Waals surface area contributed by atoms with Crippen LogP contribution in [0.1, 0.15) is 25.0 Å². The van der Waals surface area contributed by atoms with E-state index in [-0.39, 0.29) is 11.8 Å². The van der Waals surface area contributed by atoms with Crippen molar-refractivity contribution >= 4 is 11.5 Å². The van der Waals surface area contributed by atoms with Gasteiger partial charge in [0, 0.05) is 37.7 Å². The summed E-state index contributed by atoms with van der Waals surface area (Å²) in [4.78, 5) is 16.4. The monoisotopic (exact) mass is 452 g/mol. The predicted octanol–water partition coefficient (Wildman–Crippen LogP) is 3.00. The molecule has 0 saturated carbocycles. The molecule has 1 aromatic carbocycles. The van der Waals surface area contributed by atoms with Crippen LogP contribution in [0.3, 0.4) is 0 Å². The Morgan fingerprint density at radius 3 is 2.47 bits per heavy atom. The van der Waals surface area contributed by atoms with Gasteiger partial charge in [0.05, 0.1) is 17.8 Å². The molecule has 0 bridgehead atoms. The van der Waals surface area contributed by atoms with Crippen molar-refractivity contribution in [3.05, 3.63) is 51.7 Å². The van der Waals surface area contributed by atoms with Crippen molar-refractivity contribution in [2.24, 2.45) is 5.10 Å². The first-order valence-corrected chi connectivity index (χ1v) is 10.1. The van der Waals surface area contributed by atoms with Crippen molar-refractivity contribution in [1.82, 2.24) is 19.5 Å². The molecule has 0 unspecified atom stereocenters. The van der Waals surface area contributed by atoms with E-state index in [9.17, 15) is 23.3 Å². The largest absolute Gasteiger partial charge is 0.436 e. The number of imidazole rings is 1. The van der Waals surface area contributed by atoms with Crippen LogP contribution < -0.4 is 4.74 Å². The molecule has 9 nitrogen and oxygen atoms in total. The Balaban J connectivity index is 1.30. The summed E-state index contributed by atoms with van der Waals surface area (Å²) in [7, 11) is 0. The number of piperazine rings is 1. The Hall–Kier alpha value is -3.15. The molecule has 1 fully saturated rings. The van der Waals surface area contributed by atoms with Crippen molar-refractivity contribution < 1.29 is 22.8 Å².